The van der Waals surface area contributed by atoms with Crippen LogP contribution in [0.2, 0.25) is 0 Å². The first kappa shape index (κ1) is 15.5. The van der Waals surface area contributed by atoms with Gasteiger partial charge in [0.2, 0.25) is 5.91 Å². The summed E-state index contributed by atoms with van der Waals surface area (Å²) in [4.78, 5) is 33.0. The summed E-state index contributed by atoms with van der Waals surface area (Å²) >= 11 is 0. The number of H-pyrrole nitrogens is 1. The van der Waals surface area contributed by atoms with E-state index in [0.717, 1.165) is 25.9 Å². The van der Waals surface area contributed by atoms with Crippen molar-refractivity contribution >= 4 is 11.7 Å². The zero-order valence-corrected chi connectivity index (χ0v) is 13.0. The summed E-state index contributed by atoms with van der Waals surface area (Å²) in [5, 5.41) is 3.05. The number of nitrogens with zero attached hydrogens (tertiary/aromatic N) is 2. The van der Waals surface area contributed by atoms with Gasteiger partial charge in [0.15, 0.2) is 0 Å². The molecule has 6 heteroatoms. The van der Waals surface area contributed by atoms with E-state index in [1.54, 1.807) is 0 Å². The maximum absolute atomic E-state index is 12.4. The fourth-order valence-corrected chi connectivity index (χ4v) is 2.50. The summed E-state index contributed by atoms with van der Waals surface area (Å²) in [7, 11) is 0. The molecule has 1 aliphatic rings. The molecule has 0 aliphatic carbocycles. The molecule has 1 amide bonds. The minimum Gasteiger partial charge on any atom is -0.358 e. The van der Waals surface area contributed by atoms with Crippen LogP contribution in [0.1, 0.15) is 51.8 Å². The molecule has 0 radical (unpaired) electrons. The molecule has 2 N–H and O–H groups in total. The average molecular weight is 292 g/mol. The van der Waals surface area contributed by atoms with E-state index in [2.05, 4.69) is 15.3 Å². The molecule has 2 heterocycles. The normalized spacial score (nSPS) is 16.9. The second kappa shape index (κ2) is 6.74. The predicted octanol–water partition coefficient (Wildman–Crippen LogP) is 1.71. The Hall–Kier alpha value is -1.85. The van der Waals surface area contributed by atoms with Crippen molar-refractivity contribution in [3.8, 4) is 0 Å². The van der Waals surface area contributed by atoms with Crippen molar-refractivity contribution in [1.29, 1.82) is 0 Å². The Kier molecular flexibility index (Phi) is 4.98. The molecular weight excluding hydrogens is 268 g/mol. The zero-order chi connectivity index (χ0) is 15.4. The van der Waals surface area contributed by atoms with Gasteiger partial charge in [0, 0.05) is 25.1 Å². The topological polar surface area (TPSA) is 78.1 Å². The monoisotopic (exact) mass is 292 g/mol. The van der Waals surface area contributed by atoms with Gasteiger partial charge < -0.3 is 15.2 Å². The number of aromatic nitrogens is 2. The van der Waals surface area contributed by atoms with Crippen molar-refractivity contribution < 1.29 is 4.79 Å². The SMILES string of the molecule is CC(Nc1cc(=O)[nH]c(C(C)C)n1)C(=O)N1CCCCC1. The second-order valence-electron chi connectivity index (χ2n) is 5.92. The predicted molar refractivity (Wildman–Crippen MR) is 82.5 cm³/mol. The van der Waals surface area contributed by atoms with Gasteiger partial charge in [-0.2, -0.15) is 0 Å². The van der Waals surface area contributed by atoms with Crippen LogP contribution >= 0.6 is 0 Å². The van der Waals surface area contributed by atoms with E-state index in [1.807, 2.05) is 25.7 Å². The van der Waals surface area contributed by atoms with E-state index >= 15 is 0 Å². The van der Waals surface area contributed by atoms with E-state index in [4.69, 9.17) is 0 Å². The molecule has 0 spiro atoms. The Morgan fingerprint density at radius 3 is 2.57 bits per heavy atom. The average Bonchev–Trinajstić information content (AvgIpc) is 2.46. The van der Waals surface area contributed by atoms with Gasteiger partial charge in [-0.15, -0.1) is 0 Å². The molecule has 1 aliphatic heterocycles. The Balaban J connectivity index is 2.06. The molecule has 0 saturated carbocycles. The number of hydrogen-bond donors (Lipinski definition) is 2. The molecule has 2 rings (SSSR count). The van der Waals surface area contributed by atoms with Gasteiger partial charge in [0.25, 0.3) is 5.56 Å². The van der Waals surface area contributed by atoms with Crippen LogP contribution in [-0.4, -0.2) is 39.9 Å². The second-order valence-corrected chi connectivity index (χ2v) is 5.92. The molecule has 1 aromatic heterocycles. The van der Waals surface area contributed by atoms with Crippen molar-refractivity contribution in [3.05, 3.63) is 22.2 Å². The van der Waals surface area contributed by atoms with Crippen molar-refractivity contribution in [3.63, 3.8) is 0 Å². The highest BCUT2D eigenvalue weighted by molar-refractivity contribution is 5.84. The molecule has 1 unspecified atom stereocenters. The van der Waals surface area contributed by atoms with Crippen LogP contribution < -0.4 is 10.9 Å². The van der Waals surface area contributed by atoms with E-state index in [1.165, 1.54) is 12.5 Å². The number of rotatable bonds is 4. The lowest BCUT2D eigenvalue weighted by atomic mass is 10.1. The lowest BCUT2D eigenvalue weighted by Gasteiger charge is -2.29. The molecule has 21 heavy (non-hydrogen) atoms. The number of likely N-dealkylation sites (tertiary alicyclic amines) is 1. The maximum atomic E-state index is 12.4. The van der Waals surface area contributed by atoms with E-state index < -0.39 is 0 Å². The third-order valence-corrected chi connectivity index (χ3v) is 3.71. The molecule has 1 atom stereocenters. The fraction of sp³-hybridized carbons (Fsp3) is 0.667. The minimum absolute atomic E-state index is 0.0721. The van der Waals surface area contributed by atoms with Gasteiger partial charge in [0.1, 0.15) is 17.7 Å². The number of carbonyl (C=O) groups excluding carboxylic acids is 1. The molecule has 116 valence electrons. The van der Waals surface area contributed by atoms with Crippen LogP contribution in [0.4, 0.5) is 5.82 Å². The van der Waals surface area contributed by atoms with Crippen LogP contribution in [0.25, 0.3) is 0 Å². The molecule has 6 nitrogen and oxygen atoms in total. The quantitative estimate of drug-likeness (QED) is 0.885. The molecule has 1 fully saturated rings. The van der Waals surface area contributed by atoms with Crippen LogP contribution in [-0.2, 0) is 4.79 Å². The number of piperidine rings is 1. The number of carbonyl (C=O) groups is 1. The highest BCUT2D eigenvalue weighted by Gasteiger charge is 2.22. The van der Waals surface area contributed by atoms with Gasteiger partial charge in [-0.3, -0.25) is 9.59 Å². The Bertz CT molecular complexity index is 547. The first-order valence-electron chi connectivity index (χ1n) is 7.64. The molecule has 1 aromatic rings. The summed E-state index contributed by atoms with van der Waals surface area (Å²) < 4.78 is 0. The van der Waals surface area contributed by atoms with Gasteiger partial charge in [0.05, 0.1) is 0 Å². The summed E-state index contributed by atoms with van der Waals surface area (Å²) in [6.45, 7) is 7.39. The number of nitrogens with one attached hydrogen (secondary N) is 2. The van der Waals surface area contributed by atoms with Gasteiger partial charge in [-0.1, -0.05) is 13.8 Å². The van der Waals surface area contributed by atoms with Crippen LogP contribution in [0, 0.1) is 0 Å². The zero-order valence-electron chi connectivity index (χ0n) is 13.0. The Morgan fingerprint density at radius 2 is 1.95 bits per heavy atom. The molecular formula is C15H24N4O2. The van der Waals surface area contributed by atoms with Crippen molar-refractivity contribution in [2.75, 3.05) is 18.4 Å². The van der Waals surface area contributed by atoms with Crippen molar-refractivity contribution in [2.45, 2.75) is 52.0 Å². The largest absolute Gasteiger partial charge is 0.358 e. The number of amides is 1. The van der Waals surface area contributed by atoms with E-state index in [-0.39, 0.29) is 23.4 Å². The lowest BCUT2D eigenvalue weighted by molar-refractivity contribution is -0.132. The minimum atomic E-state index is -0.377. The van der Waals surface area contributed by atoms with Crippen LogP contribution in [0.15, 0.2) is 10.9 Å². The van der Waals surface area contributed by atoms with Crippen molar-refractivity contribution in [1.82, 2.24) is 14.9 Å². The highest BCUT2D eigenvalue weighted by atomic mass is 16.2. The summed E-state index contributed by atoms with van der Waals surface area (Å²) in [6, 6.07) is 1.02. The van der Waals surface area contributed by atoms with Crippen LogP contribution in [0.5, 0.6) is 0 Å². The van der Waals surface area contributed by atoms with E-state index in [0.29, 0.717) is 11.6 Å². The smallest absolute Gasteiger partial charge is 0.252 e. The highest BCUT2D eigenvalue weighted by Crippen LogP contribution is 2.13. The first-order chi connectivity index (χ1) is 9.97. The molecule has 0 bridgehead atoms. The van der Waals surface area contributed by atoms with Gasteiger partial charge >= 0.3 is 0 Å². The third-order valence-electron chi connectivity index (χ3n) is 3.71. The number of aromatic amines is 1. The van der Waals surface area contributed by atoms with Crippen molar-refractivity contribution in [2.24, 2.45) is 0 Å². The lowest BCUT2D eigenvalue weighted by Crippen LogP contribution is -2.44. The van der Waals surface area contributed by atoms with Gasteiger partial charge in [-0.25, -0.2) is 4.98 Å². The van der Waals surface area contributed by atoms with Crippen LogP contribution in [0.3, 0.4) is 0 Å². The summed E-state index contributed by atoms with van der Waals surface area (Å²) in [5.41, 5.74) is -0.200. The summed E-state index contributed by atoms with van der Waals surface area (Å²) in [6.07, 6.45) is 3.33. The number of anilines is 1. The Labute approximate surface area is 125 Å². The molecule has 0 aromatic carbocycles. The maximum Gasteiger partial charge on any atom is 0.252 e. The van der Waals surface area contributed by atoms with E-state index in [9.17, 15) is 9.59 Å². The third kappa shape index (κ3) is 4.06. The summed E-state index contributed by atoms with van der Waals surface area (Å²) in [5.74, 6) is 1.29. The van der Waals surface area contributed by atoms with Gasteiger partial charge in [-0.05, 0) is 26.2 Å². The first-order valence-corrected chi connectivity index (χ1v) is 7.64. The molecule has 1 saturated heterocycles. The fourth-order valence-electron chi connectivity index (χ4n) is 2.50. The standard InChI is InChI=1S/C15H24N4O2/c1-10(2)14-17-12(9-13(20)18-14)16-11(3)15(21)19-7-5-4-6-8-19/h9-11H,4-8H2,1-3H3,(H2,16,17,18,20). The number of hydrogen-bond acceptors (Lipinski definition) is 4. The Morgan fingerprint density at radius 1 is 1.29 bits per heavy atom.